The number of carbonyl (C=O) groups excluding carboxylic acids is 2. The number of fused-ring (bicyclic) bond motifs is 1. The second-order valence-electron chi connectivity index (χ2n) is 9.20. The van der Waals surface area contributed by atoms with E-state index in [0.717, 1.165) is 20.7 Å². The lowest BCUT2D eigenvalue weighted by atomic mass is 10.2. The van der Waals surface area contributed by atoms with Crippen LogP contribution in [0.2, 0.25) is 0 Å². The molecule has 0 bridgehead atoms. The predicted molar refractivity (Wildman–Crippen MR) is 160 cm³/mol. The van der Waals surface area contributed by atoms with E-state index in [2.05, 4.69) is 11.1 Å². The number of amides is 2. The molecular formula is C28H29N5O5S3. The van der Waals surface area contributed by atoms with Gasteiger partial charge in [-0.15, -0.1) is 11.8 Å². The quantitative estimate of drug-likeness (QED) is 0.263. The van der Waals surface area contributed by atoms with Crippen molar-refractivity contribution in [1.82, 2.24) is 19.2 Å². The zero-order valence-corrected chi connectivity index (χ0v) is 25.0. The number of rotatable bonds is 8. The zero-order valence-electron chi connectivity index (χ0n) is 22.6. The van der Waals surface area contributed by atoms with E-state index in [0.29, 0.717) is 10.7 Å². The molecule has 2 aromatic carbocycles. The highest BCUT2D eigenvalue weighted by Gasteiger charge is 2.31. The van der Waals surface area contributed by atoms with E-state index in [1.165, 1.54) is 44.8 Å². The van der Waals surface area contributed by atoms with Crippen LogP contribution in [0.25, 0.3) is 10.2 Å². The normalized spacial score (nSPS) is 14.2. The molecule has 1 aliphatic rings. The van der Waals surface area contributed by atoms with Crippen molar-refractivity contribution >= 4 is 60.5 Å². The van der Waals surface area contributed by atoms with Crippen LogP contribution in [0.15, 0.2) is 76.8 Å². The lowest BCUT2D eigenvalue weighted by molar-refractivity contribution is 0.0933. The van der Waals surface area contributed by atoms with Crippen LogP contribution in [-0.2, 0) is 21.3 Å². The number of anilines is 1. The lowest BCUT2D eigenvalue weighted by Gasteiger charge is -2.33. The number of hydrogen-bond acceptors (Lipinski definition) is 9. The highest BCUT2D eigenvalue weighted by atomic mass is 32.2. The summed E-state index contributed by atoms with van der Waals surface area (Å²) in [4.78, 5) is 39.0. The molecule has 2 amide bonds. The Bertz CT molecular complexity index is 1640. The molecule has 0 radical (unpaired) electrons. The van der Waals surface area contributed by atoms with Gasteiger partial charge in [0, 0.05) is 49.0 Å². The van der Waals surface area contributed by atoms with Crippen LogP contribution >= 0.6 is 23.1 Å². The third-order valence-corrected chi connectivity index (χ3v) is 10.3. The van der Waals surface area contributed by atoms with E-state index in [9.17, 15) is 18.0 Å². The molecule has 3 heterocycles. The largest absolute Gasteiger partial charge is 0.450 e. The summed E-state index contributed by atoms with van der Waals surface area (Å²) in [5.74, 6) is -0.301. The van der Waals surface area contributed by atoms with Gasteiger partial charge in [-0.25, -0.2) is 18.2 Å². The van der Waals surface area contributed by atoms with Crippen LogP contribution in [-0.4, -0.2) is 78.6 Å². The van der Waals surface area contributed by atoms with Gasteiger partial charge in [-0.2, -0.15) is 4.31 Å². The standard InChI is InChI=1S/C28H29N5O5S3/c1-3-38-28(35)31-13-15-32(16-14-31)41(36,37)23-9-6-21(7-10-23)26(34)33(19-20-5-4-12-29-18-20)27-30-24-11-8-22(39-2)17-25(24)40-27/h4-12,17-18H,3,13-16,19H2,1-2H3. The molecule has 1 aliphatic heterocycles. The van der Waals surface area contributed by atoms with Gasteiger partial charge in [0.15, 0.2) is 5.13 Å². The highest BCUT2D eigenvalue weighted by Crippen LogP contribution is 2.33. The molecule has 0 N–H and O–H groups in total. The molecule has 0 aliphatic carbocycles. The van der Waals surface area contributed by atoms with Gasteiger partial charge in [0.2, 0.25) is 10.0 Å². The van der Waals surface area contributed by atoms with Crippen LogP contribution in [0, 0.1) is 0 Å². The molecule has 1 fully saturated rings. The smallest absolute Gasteiger partial charge is 0.409 e. The first kappa shape index (κ1) is 29.0. The zero-order chi connectivity index (χ0) is 29.0. The molecule has 0 unspecified atom stereocenters. The maximum absolute atomic E-state index is 13.8. The lowest BCUT2D eigenvalue weighted by Crippen LogP contribution is -2.50. The number of nitrogens with zero attached hydrogens (tertiary/aromatic N) is 5. The first-order chi connectivity index (χ1) is 19.8. The number of pyridine rings is 1. The fraction of sp³-hybridized carbons (Fsp3) is 0.286. The highest BCUT2D eigenvalue weighted by molar-refractivity contribution is 7.98. The van der Waals surface area contributed by atoms with Gasteiger partial charge in [-0.1, -0.05) is 17.4 Å². The minimum atomic E-state index is -3.80. The average Bonchev–Trinajstić information content (AvgIpc) is 3.43. The van der Waals surface area contributed by atoms with Crippen molar-refractivity contribution in [3.63, 3.8) is 0 Å². The van der Waals surface area contributed by atoms with E-state index in [1.807, 2.05) is 30.5 Å². The SMILES string of the molecule is CCOC(=O)N1CCN(S(=O)(=O)c2ccc(C(=O)N(Cc3cccnc3)c3nc4ccc(SC)cc4s3)cc2)CC1. The fourth-order valence-corrected chi connectivity index (χ4v) is 7.38. The molecule has 1 saturated heterocycles. The van der Waals surface area contributed by atoms with Gasteiger partial charge in [-0.3, -0.25) is 14.7 Å². The molecule has 4 aromatic rings. The van der Waals surface area contributed by atoms with Gasteiger partial charge in [0.05, 0.1) is 28.3 Å². The molecule has 2 aromatic heterocycles. The summed E-state index contributed by atoms with van der Waals surface area (Å²) in [7, 11) is -3.80. The van der Waals surface area contributed by atoms with Crippen molar-refractivity contribution in [3.05, 3.63) is 78.1 Å². The van der Waals surface area contributed by atoms with Crippen LogP contribution in [0.1, 0.15) is 22.8 Å². The molecule has 5 rings (SSSR count). The Hall–Kier alpha value is -3.52. The monoisotopic (exact) mass is 611 g/mol. The van der Waals surface area contributed by atoms with Crippen molar-refractivity contribution in [2.24, 2.45) is 0 Å². The molecule has 0 saturated carbocycles. The van der Waals surface area contributed by atoms with Crippen LogP contribution in [0.4, 0.5) is 9.93 Å². The Morgan fingerprint density at radius 3 is 2.49 bits per heavy atom. The van der Waals surface area contributed by atoms with Crippen molar-refractivity contribution in [2.75, 3.05) is 43.9 Å². The summed E-state index contributed by atoms with van der Waals surface area (Å²) in [6.07, 6.45) is 4.94. The van der Waals surface area contributed by atoms with Crippen molar-refractivity contribution < 1.29 is 22.7 Å². The Kier molecular flexibility index (Phi) is 8.88. The first-order valence-corrected chi connectivity index (χ1v) is 16.5. The van der Waals surface area contributed by atoms with Crippen LogP contribution < -0.4 is 4.90 Å². The Labute approximate surface area is 247 Å². The summed E-state index contributed by atoms with van der Waals surface area (Å²) in [6.45, 7) is 3.07. The van der Waals surface area contributed by atoms with E-state index in [1.54, 1.807) is 36.0 Å². The molecule has 0 spiro atoms. The maximum atomic E-state index is 13.8. The summed E-state index contributed by atoms with van der Waals surface area (Å²) in [6, 6.07) is 15.7. The molecular weight excluding hydrogens is 583 g/mol. The summed E-state index contributed by atoms with van der Waals surface area (Å²) in [5.41, 5.74) is 1.98. The molecule has 13 heteroatoms. The number of sulfonamides is 1. The number of ether oxygens (including phenoxy) is 1. The van der Waals surface area contributed by atoms with Gasteiger partial charge < -0.3 is 9.64 Å². The first-order valence-electron chi connectivity index (χ1n) is 13.0. The third kappa shape index (κ3) is 6.38. The Balaban J connectivity index is 1.37. The van der Waals surface area contributed by atoms with Crippen molar-refractivity contribution in [1.29, 1.82) is 0 Å². The third-order valence-electron chi connectivity index (χ3n) is 6.63. The van der Waals surface area contributed by atoms with Crippen molar-refractivity contribution in [2.45, 2.75) is 23.3 Å². The van der Waals surface area contributed by atoms with E-state index >= 15 is 0 Å². The molecule has 214 valence electrons. The number of benzene rings is 2. The van der Waals surface area contributed by atoms with Gasteiger partial charge >= 0.3 is 6.09 Å². The Morgan fingerprint density at radius 1 is 1.07 bits per heavy atom. The number of thioether (sulfide) groups is 1. The predicted octanol–water partition coefficient (Wildman–Crippen LogP) is 4.72. The Morgan fingerprint density at radius 2 is 1.83 bits per heavy atom. The minimum absolute atomic E-state index is 0.0852. The number of aromatic nitrogens is 2. The number of carbonyl (C=O) groups is 2. The van der Waals surface area contributed by atoms with Gasteiger partial charge in [0.1, 0.15) is 0 Å². The van der Waals surface area contributed by atoms with Crippen LogP contribution in [0.3, 0.4) is 0 Å². The fourth-order valence-electron chi connectivity index (χ4n) is 4.44. The minimum Gasteiger partial charge on any atom is -0.450 e. The topological polar surface area (TPSA) is 113 Å². The van der Waals surface area contributed by atoms with Gasteiger partial charge in [0.25, 0.3) is 5.91 Å². The summed E-state index contributed by atoms with van der Waals surface area (Å²) >= 11 is 3.07. The number of piperazine rings is 1. The number of thiazole rings is 1. The number of hydrogen-bond donors (Lipinski definition) is 0. The van der Waals surface area contributed by atoms with E-state index < -0.39 is 16.1 Å². The maximum Gasteiger partial charge on any atom is 0.409 e. The van der Waals surface area contributed by atoms with Crippen LogP contribution in [0.5, 0.6) is 0 Å². The second-order valence-corrected chi connectivity index (χ2v) is 13.0. The van der Waals surface area contributed by atoms with E-state index in [-0.39, 0.29) is 50.1 Å². The second kappa shape index (κ2) is 12.6. The molecule has 10 nitrogen and oxygen atoms in total. The average molecular weight is 612 g/mol. The molecule has 0 atom stereocenters. The van der Waals surface area contributed by atoms with Gasteiger partial charge in [-0.05, 0) is 67.3 Å². The van der Waals surface area contributed by atoms with Crippen molar-refractivity contribution in [3.8, 4) is 0 Å². The summed E-state index contributed by atoms with van der Waals surface area (Å²) < 4.78 is 33.9. The summed E-state index contributed by atoms with van der Waals surface area (Å²) in [5, 5.41) is 0.545. The van der Waals surface area contributed by atoms with E-state index in [4.69, 9.17) is 9.72 Å². The molecule has 41 heavy (non-hydrogen) atoms.